The van der Waals surface area contributed by atoms with Gasteiger partial charge in [0.05, 0.1) is 16.4 Å². The van der Waals surface area contributed by atoms with Crippen LogP contribution >= 0.6 is 11.3 Å². The lowest BCUT2D eigenvalue weighted by atomic mass is 9.96. The van der Waals surface area contributed by atoms with Crippen molar-refractivity contribution in [2.45, 2.75) is 19.5 Å². The van der Waals surface area contributed by atoms with Gasteiger partial charge in [-0.1, -0.05) is 36.1 Å². The van der Waals surface area contributed by atoms with E-state index in [4.69, 9.17) is 0 Å². The van der Waals surface area contributed by atoms with Gasteiger partial charge in [-0.25, -0.2) is 0 Å². The second-order valence-corrected chi connectivity index (χ2v) is 8.71. The number of alkyl halides is 2. The molecular weight excluding hydrogens is 458 g/mol. The number of para-hydroxylation sites is 1. The van der Waals surface area contributed by atoms with Crippen molar-refractivity contribution in [1.29, 1.82) is 0 Å². The van der Waals surface area contributed by atoms with E-state index in [1.165, 1.54) is 23.1 Å². The molecule has 1 aromatic heterocycles. The van der Waals surface area contributed by atoms with Crippen LogP contribution < -0.4 is 10.1 Å². The minimum atomic E-state index is -3.03. The Morgan fingerprint density at radius 2 is 1.94 bits per heavy atom. The maximum atomic E-state index is 13.0. The molecule has 1 aliphatic heterocycles. The van der Waals surface area contributed by atoms with Crippen molar-refractivity contribution in [3.05, 3.63) is 82.0 Å². The van der Waals surface area contributed by atoms with Gasteiger partial charge in [-0.15, -0.1) is 11.3 Å². The van der Waals surface area contributed by atoms with Crippen molar-refractivity contribution < 1.29 is 23.1 Å². The molecule has 3 aromatic rings. The van der Waals surface area contributed by atoms with Gasteiger partial charge in [-0.3, -0.25) is 9.59 Å². The van der Waals surface area contributed by atoms with Crippen molar-refractivity contribution in [2.24, 2.45) is 5.92 Å². The van der Waals surface area contributed by atoms with Crippen LogP contribution in [-0.4, -0.2) is 36.4 Å². The first kappa shape index (κ1) is 23.5. The maximum absolute atomic E-state index is 13.0. The van der Waals surface area contributed by atoms with E-state index in [2.05, 4.69) is 21.9 Å². The number of ether oxygens (including phenoxy) is 1. The molecule has 2 aromatic carbocycles. The number of carbonyl (C=O) groups excluding carboxylic acids is 2. The second-order valence-electron chi connectivity index (χ2n) is 7.76. The maximum Gasteiger partial charge on any atom is 0.387 e. The lowest BCUT2D eigenvalue weighted by Gasteiger charge is -2.32. The number of likely N-dealkylation sites (tertiary alicyclic amines) is 1. The Morgan fingerprint density at radius 1 is 1.09 bits per heavy atom. The first-order valence-electron chi connectivity index (χ1n) is 10.8. The summed E-state index contributed by atoms with van der Waals surface area (Å²) in [5.74, 6) is 4.97. The monoisotopic (exact) mass is 480 g/mol. The zero-order valence-corrected chi connectivity index (χ0v) is 19.0. The van der Waals surface area contributed by atoms with Crippen molar-refractivity contribution in [3.8, 4) is 17.6 Å². The van der Waals surface area contributed by atoms with Crippen molar-refractivity contribution in [2.75, 3.05) is 18.4 Å². The van der Waals surface area contributed by atoms with Gasteiger partial charge in [0.2, 0.25) is 5.91 Å². The Hall–Kier alpha value is -3.70. The van der Waals surface area contributed by atoms with Gasteiger partial charge in [0.25, 0.3) is 5.91 Å². The molecule has 34 heavy (non-hydrogen) atoms. The van der Waals surface area contributed by atoms with Crippen molar-refractivity contribution in [1.82, 2.24) is 4.90 Å². The highest BCUT2D eigenvalue weighted by molar-refractivity contribution is 7.10. The SMILES string of the molecule is O=C(Nc1cccc(C#Cc2cccs2)c1)C1CCCN(C(=O)c2ccccc2OC(F)F)C1. The smallest absolute Gasteiger partial charge is 0.387 e. The van der Waals surface area contributed by atoms with Gasteiger partial charge in [0.15, 0.2) is 0 Å². The minimum absolute atomic E-state index is 0.0564. The largest absolute Gasteiger partial charge is 0.434 e. The summed E-state index contributed by atoms with van der Waals surface area (Å²) in [4.78, 5) is 28.4. The van der Waals surface area contributed by atoms with Gasteiger partial charge in [0.1, 0.15) is 5.75 Å². The van der Waals surface area contributed by atoms with Gasteiger partial charge >= 0.3 is 6.61 Å². The standard InChI is InChI=1S/C26H22F2N2O3S/c27-26(28)33-23-11-2-1-10-22(23)25(32)30-14-4-7-19(17-30)24(31)29-20-8-3-6-18(16-20)12-13-21-9-5-15-34-21/h1-3,5-6,8-11,15-16,19,26H,4,7,14,17H2,(H,29,31). The van der Waals surface area contributed by atoms with Crippen LogP contribution in [0, 0.1) is 17.8 Å². The molecule has 1 saturated heterocycles. The van der Waals surface area contributed by atoms with E-state index in [0.29, 0.717) is 25.1 Å². The molecule has 4 rings (SSSR count). The highest BCUT2D eigenvalue weighted by atomic mass is 32.1. The van der Waals surface area contributed by atoms with Crippen LogP contribution in [0.4, 0.5) is 14.5 Å². The van der Waals surface area contributed by atoms with Crippen LogP contribution in [-0.2, 0) is 4.79 Å². The Kier molecular flexibility index (Phi) is 7.55. The predicted octanol–water partition coefficient (Wildman–Crippen LogP) is 5.24. The Balaban J connectivity index is 1.41. The predicted molar refractivity (Wildman–Crippen MR) is 127 cm³/mol. The van der Waals surface area contributed by atoms with E-state index in [0.717, 1.165) is 10.4 Å². The third-order valence-electron chi connectivity index (χ3n) is 5.39. The molecule has 8 heteroatoms. The lowest BCUT2D eigenvalue weighted by molar-refractivity contribution is -0.121. The van der Waals surface area contributed by atoms with Crippen LogP contribution in [0.15, 0.2) is 66.0 Å². The Labute approximate surface area is 200 Å². The number of rotatable bonds is 5. The molecule has 0 radical (unpaired) electrons. The Bertz CT molecular complexity index is 1220. The van der Waals surface area contributed by atoms with Gasteiger partial charge in [0, 0.05) is 24.3 Å². The molecule has 2 heterocycles. The Morgan fingerprint density at radius 3 is 2.74 bits per heavy atom. The molecule has 1 aliphatic rings. The zero-order chi connectivity index (χ0) is 23.9. The molecule has 0 bridgehead atoms. The molecule has 1 atom stereocenters. The number of halogens is 2. The molecule has 0 aliphatic carbocycles. The lowest BCUT2D eigenvalue weighted by Crippen LogP contribution is -2.43. The average molecular weight is 481 g/mol. The number of nitrogens with zero attached hydrogens (tertiary/aromatic N) is 1. The van der Waals surface area contributed by atoms with Gasteiger partial charge in [-0.05, 0) is 54.6 Å². The average Bonchev–Trinajstić information content (AvgIpc) is 3.36. The third kappa shape index (κ3) is 6.00. The summed E-state index contributed by atoms with van der Waals surface area (Å²) >= 11 is 1.56. The zero-order valence-electron chi connectivity index (χ0n) is 18.2. The third-order valence-corrected chi connectivity index (χ3v) is 6.18. The van der Waals surface area contributed by atoms with Crippen LogP contribution in [0.5, 0.6) is 5.75 Å². The normalized spacial score (nSPS) is 15.4. The quantitative estimate of drug-likeness (QED) is 0.508. The van der Waals surface area contributed by atoms with E-state index in [9.17, 15) is 18.4 Å². The van der Waals surface area contributed by atoms with E-state index >= 15 is 0 Å². The van der Waals surface area contributed by atoms with E-state index < -0.39 is 18.4 Å². The number of anilines is 1. The molecule has 174 valence electrons. The summed E-state index contributed by atoms with van der Waals surface area (Å²) in [6.07, 6.45) is 1.26. The molecule has 2 amide bonds. The van der Waals surface area contributed by atoms with Crippen LogP contribution in [0.3, 0.4) is 0 Å². The molecule has 5 nitrogen and oxygen atoms in total. The van der Waals surface area contributed by atoms with Crippen molar-refractivity contribution in [3.63, 3.8) is 0 Å². The van der Waals surface area contributed by atoms with E-state index in [-0.39, 0.29) is 23.8 Å². The minimum Gasteiger partial charge on any atom is -0.434 e. The topological polar surface area (TPSA) is 58.6 Å². The molecule has 1 fully saturated rings. The fourth-order valence-corrected chi connectivity index (χ4v) is 4.36. The highest BCUT2D eigenvalue weighted by Gasteiger charge is 2.30. The number of amides is 2. The number of thiophene rings is 1. The number of nitrogens with one attached hydrogen (secondary N) is 1. The highest BCUT2D eigenvalue weighted by Crippen LogP contribution is 2.26. The fourth-order valence-electron chi connectivity index (χ4n) is 3.79. The summed E-state index contributed by atoms with van der Waals surface area (Å²) in [5, 5.41) is 4.88. The molecule has 0 spiro atoms. The number of carbonyl (C=O) groups is 2. The van der Waals surface area contributed by atoms with Crippen LogP contribution in [0.25, 0.3) is 0 Å². The number of piperidine rings is 1. The van der Waals surface area contributed by atoms with Crippen LogP contribution in [0.1, 0.15) is 33.6 Å². The first-order valence-corrected chi connectivity index (χ1v) is 11.7. The first-order chi connectivity index (χ1) is 16.5. The summed E-state index contributed by atoms with van der Waals surface area (Å²) in [5.41, 5.74) is 1.46. The number of hydrogen-bond acceptors (Lipinski definition) is 4. The van der Waals surface area contributed by atoms with E-state index in [1.54, 1.807) is 23.5 Å². The summed E-state index contributed by atoms with van der Waals surface area (Å²) in [7, 11) is 0. The van der Waals surface area contributed by atoms with Gasteiger partial charge in [-0.2, -0.15) is 8.78 Å². The molecule has 1 unspecified atom stereocenters. The number of hydrogen-bond donors (Lipinski definition) is 1. The van der Waals surface area contributed by atoms with Crippen molar-refractivity contribution >= 4 is 28.8 Å². The fraction of sp³-hybridized carbons (Fsp3) is 0.231. The molecule has 0 saturated carbocycles. The molecule has 1 N–H and O–H groups in total. The van der Waals surface area contributed by atoms with Gasteiger partial charge < -0.3 is 15.0 Å². The summed E-state index contributed by atoms with van der Waals surface area (Å²) in [6.45, 7) is -2.38. The van der Waals surface area contributed by atoms with Crippen LogP contribution in [0.2, 0.25) is 0 Å². The second kappa shape index (κ2) is 10.9. The van der Waals surface area contributed by atoms with E-state index in [1.807, 2.05) is 35.7 Å². The number of benzene rings is 2. The summed E-state index contributed by atoms with van der Waals surface area (Å²) < 4.78 is 29.9. The summed E-state index contributed by atoms with van der Waals surface area (Å²) in [6, 6.07) is 17.1. The molecular formula is C26H22F2N2O3S.